The highest BCUT2D eigenvalue weighted by Gasteiger charge is 2.22. The highest BCUT2D eigenvalue weighted by molar-refractivity contribution is 5.85. The smallest absolute Gasteiger partial charge is 0.220 e. The Bertz CT molecular complexity index is 472. The lowest BCUT2D eigenvalue weighted by Crippen LogP contribution is -2.32. The van der Waals surface area contributed by atoms with Crippen molar-refractivity contribution in [2.45, 2.75) is 57.0 Å². The van der Waals surface area contributed by atoms with Gasteiger partial charge in [-0.25, -0.2) is 0 Å². The minimum atomic E-state index is 0. The van der Waals surface area contributed by atoms with Gasteiger partial charge in [0.05, 0.1) is 6.04 Å². The zero-order valence-electron chi connectivity index (χ0n) is 12.4. The Morgan fingerprint density at radius 2 is 2.10 bits per heavy atom. The molecule has 0 radical (unpaired) electrons. The summed E-state index contributed by atoms with van der Waals surface area (Å²) < 4.78 is 0. The third-order valence-electron chi connectivity index (χ3n) is 4.59. The molecule has 0 bridgehead atoms. The van der Waals surface area contributed by atoms with Crippen molar-refractivity contribution in [2.75, 3.05) is 6.54 Å². The molecule has 3 nitrogen and oxygen atoms in total. The van der Waals surface area contributed by atoms with Gasteiger partial charge < -0.3 is 10.6 Å². The SMILES string of the molecule is Cl.O=C(CCC1CCCN1)NC1CCCc2ccccc21. The van der Waals surface area contributed by atoms with Crippen LogP contribution in [0.25, 0.3) is 0 Å². The third kappa shape index (κ3) is 4.21. The van der Waals surface area contributed by atoms with Gasteiger partial charge in [-0.15, -0.1) is 12.4 Å². The van der Waals surface area contributed by atoms with E-state index in [1.807, 2.05) is 0 Å². The molecule has 1 aliphatic carbocycles. The van der Waals surface area contributed by atoms with Crippen LogP contribution in [0.5, 0.6) is 0 Å². The zero-order chi connectivity index (χ0) is 13.8. The number of amides is 1. The summed E-state index contributed by atoms with van der Waals surface area (Å²) in [5.41, 5.74) is 2.73. The third-order valence-corrected chi connectivity index (χ3v) is 4.59. The summed E-state index contributed by atoms with van der Waals surface area (Å²) in [7, 11) is 0. The number of carbonyl (C=O) groups excluding carboxylic acids is 1. The number of halogens is 1. The Hall–Kier alpha value is -1.06. The second kappa shape index (κ2) is 7.81. The lowest BCUT2D eigenvalue weighted by atomic mass is 9.87. The first kappa shape index (κ1) is 16.3. The van der Waals surface area contributed by atoms with Crippen molar-refractivity contribution in [1.29, 1.82) is 0 Å². The van der Waals surface area contributed by atoms with E-state index in [-0.39, 0.29) is 24.4 Å². The van der Waals surface area contributed by atoms with E-state index in [1.54, 1.807) is 0 Å². The molecule has 116 valence electrons. The number of aryl methyl sites for hydroxylation is 1. The molecule has 3 rings (SSSR count). The van der Waals surface area contributed by atoms with E-state index in [2.05, 4.69) is 34.9 Å². The van der Waals surface area contributed by atoms with Gasteiger partial charge >= 0.3 is 0 Å². The summed E-state index contributed by atoms with van der Waals surface area (Å²) in [6, 6.07) is 9.30. The van der Waals surface area contributed by atoms with E-state index in [0.29, 0.717) is 12.5 Å². The molecule has 2 unspecified atom stereocenters. The van der Waals surface area contributed by atoms with E-state index in [4.69, 9.17) is 0 Å². The van der Waals surface area contributed by atoms with Crippen LogP contribution in [0.2, 0.25) is 0 Å². The molecule has 1 aliphatic heterocycles. The fraction of sp³-hybridized carbons (Fsp3) is 0.588. The van der Waals surface area contributed by atoms with Crippen molar-refractivity contribution in [2.24, 2.45) is 0 Å². The van der Waals surface area contributed by atoms with Crippen molar-refractivity contribution in [3.05, 3.63) is 35.4 Å². The molecule has 1 fully saturated rings. The summed E-state index contributed by atoms with van der Waals surface area (Å²) in [5.74, 6) is 0.209. The largest absolute Gasteiger partial charge is 0.349 e. The van der Waals surface area contributed by atoms with E-state index in [9.17, 15) is 4.79 Å². The molecule has 0 aromatic heterocycles. The van der Waals surface area contributed by atoms with Crippen LogP contribution in [-0.4, -0.2) is 18.5 Å². The van der Waals surface area contributed by atoms with Crippen molar-refractivity contribution in [1.82, 2.24) is 10.6 Å². The summed E-state index contributed by atoms with van der Waals surface area (Å²) >= 11 is 0. The molecule has 1 aromatic carbocycles. The lowest BCUT2D eigenvalue weighted by Gasteiger charge is -2.26. The number of hydrogen-bond donors (Lipinski definition) is 2. The van der Waals surface area contributed by atoms with Crippen molar-refractivity contribution < 1.29 is 4.79 Å². The number of fused-ring (bicyclic) bond motifs is 1. The second-order valence-electron chi connectivity index (χ2n) is 6.04. The van der Waals surface area contributed by atoms with Crippen LogP contribution in [0.1, 0.15) is 55.7 Å². The van der Waals surface area contributed by atoms with Crippen LogP contribution in [0, 0.1) is 0 Å². The van der Waals surface area contributed by atoms with Crippen LogP contribution < -0.4 is 10.6 Å². The van der Waals surface area contributed by atoms with Gasteiger partial charge in [-0.1, -0.05) is 24.3 Å². The van der Waals surface area contributed by atoms with Gasteiger partial charge in [0.15, 0.2) is 0 Å². The second-order valence-corrected chi connectivity index (χ2v) is 6.04. The van der Waals surface area contributed by atoms with Crippen molar-refractivity contribution >= 4 is 18.3 Å². The highest BCUT2D eigenvalue weighted by atomic mass is 35.5. The van der Waals surface area contributed by atoms with E-state index in [0.717, 1.165) is 25.8 Å². The Labute approximate surface area is 133 Å². The van der Waals surface area contributed by atoms with Gasteiger partial charge in [-0.3, -0.25) is 4.79 Å². The van der Waals surface area contributed by atoms with Gasteiger partial charge in [0.25, 0.3) is 0 Å². The molecule has 1 aromatic rings. The quantitative estimate of drug-likeness (QED) is 0.897. The van der Waals surface area contributed by atoms with Gasteiger partial charge in [-0.05, 0) is 56.2 Å². The predicted octanol–water partition coefficient (Wildman–Crippen LogP) is 3.13. The predicted molar refractivity (Wildman–Crippen MR) is 87.8 cm³/mol. The maximum Gasteiger partial charge on any atom is 0.220 e. The average molecular weight is 309 g/mol. The maximum atomic E-state index is 12.1. The van der Waals surface area contributed by atoms with Crippen molar-refractivity contribution in [3.63, 3.8) is 0 Å². The first-order chi connectivity index (χ1) is 9.83. The average Bonchev–Trinajstić information content (AvgIpc) is 2.99. The Balaban J connectivity index is 0.00000161. The van der Waals surface area contributed by atoms with E-state index in [1.165, 1.54) is 30.4 Å². The molecule has 2 N–H and O–H groups in total. The summed E-state index contributed by atoms with van der Waals surface area (Å²) in [5, 5.41) is 6.68. The molecule has 1 amide bonds. The van der Waals surface area contributed by atoms with Crippen LogP contribution in [-0.2, 0) is 11.2 Å². The minimum absolute atomic E-state index is 0. The topological polar surface area (TPSA) is 41.1 Å². The lowest BCUT2D eigenvalue weighted by molar-refractivity contribution is -0.122. The molecule has 0 saturated carbocycles. The summed E-state index contributed by atoms with van der Waals surface area (Å²) in [6.07, 6.45) is 7.49. The Morgan fingerprint density at radius 3 is 2.90 bits per heavy atom. The monoisotopic (exact) mass is 308 g/mol. The van der Waals surface area contributed by atoms with E-state index < -0.39 is 0 Å². The first-order valence-corrected chi connectivity index (χ1v) is 7.93. The highest BCUT2D eigenvalue weighted by Crippen LogP contribution is 2.29. The first-order valence-electron chi connectivity index (χ1n) is 7.93. The standard InChI is InChI=1S/C17H24N2O.ClH/c20-17(11-10-14-7-4-12-18-14)19-16-9-3-6-13-5-1-2-8-15(13)16;/h1-2,5,8,14,16,18H,3-4,6-7,9-12H2,(H,19,20);1H. The van der Waals surface area contributed by atoms with Crippen LogP contribution in [0.3, 0.4) is 0 Å². The Kier molecular flexibility index (Phi) is 6.07. The summed E-state index contributed by atoms with van der Waals surface area (Å²) in [4.78, 5) is 12.1. The molecule has 2 aliphatic rings. The molecule has 1 saturated heterocycles. The van der Waals surface area contributed by atoms with Crippen molar-refractivity contribution in [3.8, 4) is 0 Å². The van der Waals surface area contributed by atoms with Crippen LogP contribution >= 0.6 is 12.4 Å². The zero-order valence-corrected chi connectivity index (χ0v) is 13.3. The normalized spacial score (nSPS) is 24.0. The number of benzene rings is 1. The number of nitrogens with one attached hydrogen (secondary N) is 2. The molecule has 4 heteroatoms. The number of carbonyl (C=O) groups is 1. The van der Waals surface area contributed by atoms with Gasteiger partial charge in [0.2, 0.25) is 5.91 Å². The number of hydrogen-bond acceptors (Lipinski definition) is 2. The van der Waals surface area contributed by atoms with Crippen LogP contribution in [0.15, 0.2) is 24.3 Å². The molecular weight excluding hydrogens is 284 g/mol. The molecule has 2 atom stereocenters. The van der Waals surface area contributed by atoms with Crippen LogP contribution in [0.4, 0.5) is 0 Å². The van der Waals surface area contributed by atoms with E-state index >= 15 is 0 Å². The molecule has 1 heterocycles. The molecular formula is C17H25ClN2O. The fourth-order valence-electron chi connectivity index (χ4n) is 3.48. The molecule has 0 spiro atoms. The molecule has 21 heavy (non-hydrogen) atoms. The Morgan fingerprint density at radius 1 is 1.24 bits per heavy atom. The fourth-order valence-corrected chi connectivity index (χ4v) is 3.48. The van der Waals surface area contributed by atoms with Gasteiger partial charge in [-0.2, -0.15) is 0 Å². The van der Waals surface area contributed by atoms with Gasteiger partial charge in [0, 0.05) is 12.5 Å². The maximum absolute atomic E-state index is 12.1. The van der Waals surface area contributed by atoms with Gasteiger partial charge in [0.1, 0.15) is 0 Å². The number of rotatable bonds is 4. The summed E-state index contributed by atoms with van der Waals surface area (Å²) in [6.45, 7) is 1.11. The minimum Gasteiger partial charge on any atom is -0.349 e.